The standard InChI is InChI=1S/C51H73FSi2/c1-29(2)38-23-43(32(7)8)49(44(24-38)33(9)10)53(42-21-19-41(52)20-22-42)54(50-45(34(11)12)25-39(30(3)4)26-46(50)35(13)14)51-47(36(15)16)27-40(31(5)6)28-48(51)37(17)18/h19-37H,1-18H3. The second-order valence-electron chi connectivity index (χ2n) is 18.9. The van der Waals surface area contributed by atoms with E-state index in [9.17, 15) is 0 Å². The summed E-state index contributed by atoms with van der Waals surface area (Å²) in [6.07, 6.45) is 0. The second-order valence-corrected chi connectivity index (χ2v) is 25.4. The van der Waals surface area contributed by atoms with Crippen LogP contribution in [0.15, 0.2) is 60.7 Å². The highest BCUT2D eigenvalue weighted by molar-refractivity contribution is 7.19. The average Bonchev–Trinajstić information content (AvgIpc) is 3.09. The molecule has 0 heterocycles. The molecule has 0 atom stereocenters. The maximum Gasteiger partial charge on any atom is 0.123 e. The third kappa shape index (κ3) is 9.26. The van der Waals surface area contributed by atoms with Gasteiger partial charge in [-0.1, -0.05) is 173 Å². The summed E-state index contributed by atoms with van der Waals surface area (Å²) in [5, 5.41) is 6.19. The van der Waals surface area contributed by atoms with Crippen LogP contribution in [0.5, 0.6) is 0 Å². The Morgan fingerprint density at radius 3 is 0.741 bits per heavy atom. The quantitative estimate of drug-likeness (QED) is 0.119. The van der Waals surface area contributed by atoms with E-state index in [0.29, 0.717) is 53.3 Å². The normalized spacial score (nSPS) is 12.4. The number of rotatable bonds is 13. The summed E-state index contributed by atoms with van der Waals surface area (Å²) in [5.41, 5.74) is 13.4. The SMILES string of the molecule is CC(C)c1cc(C(C)C)c([Si](c2ccc(F)cc2)=[Si](c2c(C(C)C)cc(C(C)C)cc2C(C)C)c2c(C(C)C)cc(C(C)C)cc2C(C)C)c(C(C)C)c1. The first kappa shape index (κ1) is 44.0. The van der Waals surface area contributed by atoms with Gasteiger partial charge in [0.05, 0.1) is 15.8 Å². The maximum absolute atomic E-state index is 15.1. The molecular formula is C51H73FSi2. The average molecular weight is 761 g/mol. The Bertz CT molecular complexity index is 1780. The van der Waals surface area contributed by atoms with Gasteiger partial charge in [0.25, 0.3) is 0 Å². The third-order valence-electron chi connectivity index (χ3n) is 11.5. The van der Waals surface area contributed by atoms with Crippen molar-refractivity contribution in [3.63, 3.8) is 0 Å². The summed E-state index contributed by atoms with van der Waals surface area (Å²) in [7, 11) is -3.20. The number of hydrogen-bond acceptors (Lipinski definition) is 0. The van der Waals surface area contributed by atoms with Crippen molar-refractivity contribution in [2.45, 2.75) is 178 Å². The summed E-state index contributed by atoms with van der Waals surface area (Å²) in [6, 6.07) is 23.3. The maximum atomic E-state index is 15.1. The molecule has 0 saturated carbocycles. The molecule has 4 aromatic carbocycles. The van der Waals surface area contributed by atoms with Crippen LogP contribution in [0.2, 0.25) is 0 Å². The Balaban J connectivity index is 2.61. The molecule has 0 amide bonds. The fourth-order valence-electron chi connectivity index (χ4n) is 8.14. The van der Waals surface area contributed by atoms with E-state index in [1.54, 1.807) is 27.7 Å². The molecule has 0 spiro atoms. The Kier molecular flexibility index (Phi) is 14.7. The van der Waals surface area contributed by atoms with Gasteiger partial charge in [-0.25, -0.2) is 4.39 Å². The highest BCUT2D eigenvalue weighted by Gasteiger charge is 2.33. The number of hydrogen-bond donors (Lipinski definition) is 0. The minimum absolute atomic E-state index is 0.156. The molecular weight excluding hydrogens is 688 g/mol. The first-order chi connectivity index (χ1) is 25.2. The van der Waals surface area contributed by atoms with Crippen LogP contribution in [-0.2, 0) is 0 Å². The predicted molar refractivity (Wildman–Crippen MR) is 243 cm³/mol. The Labute approximate surface area is 334 Å². The Hall–Kier alpha value is -2.76. The molecule has 0 aromatic heterocycles. The highest BCUT2D eigenvalue weighted by Crippen LogP contribution is 2.31. The molecule has 0 fully saturated rings. The van der Waals surface area contributed by atoms with Gasteiger partial charge in [-0.3, -0.25) is 0 Å². The summed E-state index contributed by atoms with van der Waals surface area (Å²) in [4.78, 5) is 0. The zero-order chi connectivity index (χ0) is 40.5. The molecule has 0 aliphatic heterocycles. The van der Waals surface area contributed by atoms with Gasteiger partial charge >= 0.3 is 0 Å². The minimum Gasteiger partial charge on any atom is -0.207 e. The highest BCUT2D eigenvalue weighted by atomic mass is 28.9. The summed E-state index contributed by atoms with van der Waals surface area (Å²) in [6.45, 7) is 43.0. The van der Waals surface area contributed by atoms with Gasteiger partial charge in [0.15, 0.2) is 0 Å². The van der Waals surface area contributed by atoms with Crippen molar-refractivity contribution in [3.8, 4) is 0 Å². The summed E-state index contributed by atoms with van der Waals surface area (Å²) < 4.78 is 15.1. The van der Waals surface area contributed by atoms with Crippen LogP contribution >= 0.6 is 0 Å². The number of halogens is 1. The zero-order valence-electron chi connectivity index (χ0n) is 37.3. The van der Waals surface area contributed by atoms with E-state index in [-0.39, 0.29) is 5.82 Å². The van der Waals surface area contributed by atoms with Crippen LogP contribution in [0.3, 0.4) is 0 Å². The lowest BCUT2D eigenvalue weighted by atomic mass is 9.89. The van der Waals surface area contributed by atoms with E-state index >= 15 is 4.39 Å². The van der Waals surface area contributed by atoms with E-state index in [4.69, 9.17) is 0 Å². The van der Waals surface area contributed by atoms with Gasteiger partial charge in [0, 0.05) is 0 Å². The van der Waals surface area contributed by atoms with Crippen LogP contribution in [-0.4, -0.2) is 15.8 Å². The van der Waals surface area contributed by atoms with Gasteiger partial charge in [0.1, 0.15) is 5.82 Å². The molecule has 0 unspecified atom stereocenters. The molecule has 0 bridgehead atoms. The molecule has 4 rings (SSSR count). The van der Waals surface area contributed by atoms with E-state index < -0.39 is 15.8 Å². The molecule has 0 saturated heterocycles. The van der Waals surface area contributed by atoms with Crippen LogP contribution in [0.25, 0.3) is 0 Å². The van der Waals surface area contributed by atoms with Gasteiger partial charge in [-0.05, 0) is 136 Å². The molecule has 0 aliphatic rings. The van der Waals surface area contributed by atoms with Gasteiger partial charge < -0.3 is 0 Å². The second kappa shape index (κ2) is 18.0. The van der Waals surface area contributed by atoms with Crippen LogP contribution in [0.1, 0.15) is 228 Å². The molecule has 0 nitrogen and oxygen atoms in total. The topological polar surface area (TPSA) is 0 Å². The van der Waals surface area contributed by atoms with Crippen LogP contribution in [0, 0.1) is 5.82 Å². The van der Waals surface area contributed by atoms with Crippen molar-refractivity contribution in [2.75, 3.05) is 0 Å². The van der Waals surface area contributed by atoms with E-state index in [2.05, 4.69) is 173 Å². The van der Waals surface area contributed by atoms with Crippen molar-refractivity contribution in [1.82, 2.24) is 0 Å². The van der Waals surface area contributed by atoms with Gasteiger partial charge in [0.2, 0.25) is 0 Å². The molecule has 0 radical (unpaired) electrons. The van der Waals surface area contributed by atoms with Crippen molar-refractivity contribution in [3.05, 3.63) is 117 Å². The molecule has 4 aromatic rings. The van der Waals surface area contributed by atoms with Crippen molar-refractivity contribution in [1.29, 1.82) is 0 Å². The minimum atomic E-state index is -1.60. The van der Waals surface area contributed by atoms with Crippen molar-refractivity contribution >= 4 is 36.5 Å². The Morgan fingerprint density at radius 1 is 0.315 bits per heavy atom. The first-order valence-corrected chi connectivity index (χ1v) is 25.2. The summed E-state index contributed by atoms with van der Waals surface area (Å²) in [5.74, 6) is 3.34. The lowest BCUT2D eigenvalue weighted by Crippen LogP contribution is -2.57. The fourth-order valence-corrected chi connectivity index (χ4v) is 20.3. The molecule has 3 heteroatoms. The lowest BCUT2D eigenvalue weighted by molar-refractivity contribution is 0.628. The third-order valence-corrected chi connectivity index (χ3v) is 20.8. The summed E-state index contributed by atoms with van der Waals surface area (Å²) >= 11 is 0. The fraction of sp³-hybridized carbons (Fsp3) is 0.529. The Morgan fingerprint density at radius 2 is 0.537 bits per heavy atom. The molecule has 0 aliphatic carbocycles. The van der Waals surface area contributed by atoms with Gasteiger partial charge in [-0.15, -0.1) is 0 Å². The molecule has 292 valence electrons. The van der Waals surface area contributed by atoms with E-state index in [1.807, 2.05) is 0 Å². The zero-order valence-corrected chi connectivity index (χ0v) is 39.3. The molecule has 0 N–H and O–H groups in total. The predicted octanol–water partition coefficient (Wildman–Crippen LogP) is 12.9. The lowest BCUT2D eigenvalue weighted by Gasteiger charge is -2.33. The van der Waals surface area contributed by atoms with E-state index in [0.717, 1.165) is 0 Å². The van der Waals surface area contributed by atoms with Crippen LogP contribution < -0.4 is 20.7 Å². The molecule has 54 heavy (non-hydrogen) atoms. The number of benzene rings is 4. The van der Waals surface area contributed by atoms with E-state index in [1.165, 1.54) is 55.3 Å². The van der Waals surface area contributed by atoms with Crippen LogP contribution in [0.4, 0.5) is 4.39 Å². The monoisotopic (exact) mass is 761 g/mol. The van der Waals surface area contributed by atoms with Crippen molar-refractivity contribution < 1.29 is 4.39 Å². The van der Waals surface area contributed by atoms with Gasteiger partial charge in [-0.2, -0.15) is 0 Å². The first-order valence-electron chi connectivity index (χ1n) is 21.2. The van der Waals surface area contributed by atoms with Crippen molar-refractivity contribution in [2.24, 2.45) is 0 Å². The smallest absolute Gasteiger partial charge is 0.123 e. The largest absolute Gasteiger partial charge is 0.207 e.